The van der Waals surface area contributed by atoms with Crippen LogP contribution >= 0.6 is 23.2 Å². The molecule has 0 fully saturated rings. The van der Waals surface area contributed by atoms with E-state index in [-0.39, 0.29) is 10.7 Å². The molecule has 10 heteroatoms. The molecular formula is C20H14Cl2N4O4. The van der Waals surface area contributed by atoms with Gasteiger partial charge in [0.1, 0.15) is 0 Å². The van der Waals surface area contributed by atoms with Gasteiger partial charge in [-0.05, 0) is 54.3 Å². The van der Waals surface area contributed by atoms with E-state index in [0.29, 0.717) is 22.6 Å². The molecule has 2 N–H and O–H groups in total. The quantitative estimate of drug-likeness (QED) is 0.621. The minimum absolute atomic E-state index is 0.185. The second-order valence-corrected chi connectivity index (χ2v) is 7.33. The maximum absolute atomic E-state index is 12.1. The van der Waals surface area contributed by atoms with Crippen LogP contribution in [0.3, 0.4) is 0 Å². The Hall–Kier alpha value is -3.41. The molecule has 0 radical (unpaired) electrons. The molecule has 30 heavy (non-hydrogen) atoms. The normalized spacial score (nSPS) is 11.7. The van der Waals surface area contributed by atoms with Gasteiger partial charge in [0.25, 0.3) is 5.56 Å². The van der Waals surface area contributed by atoms with E-state index in [1.807, 2.05) is 4.98 Å². The van der Waals surface area contributed by atoms with Gasteiger partial charge in [-0.15, -0.1) is 0 Å². The number of aryl methyl sites for hydroxylation is 1. The van der Waals surface area contributed by atoms with Crippen molar-refractivity contribution in [1.82, 2.24) is 14.8 Å². The molecule has 0 saturated carbocycles. The third-order valence-corrected chi connectivity index (χ3v) is 5.10. The fourth-order valence-corrected chi connectivity index (χ4v) is 3.45. The predicted molar refractivity (Wildman–Crippen MR) is 111 cm³/mol. The molecular weight excluding hydrogens is 431 g/mol. The van der Waals surface area contributed by atoms with Crippen molar-refractivity contribution in [3.63, 3.8) is 0 Å². The number of carboxylic acid groups (broad SMARTS) is 1. The Kier molecular flexibility index (Phi) is 6.06. The molecule has 0 amide bonds. The van der Waals surface area contributed by atoms with Crippen molar-refractivity contribution in [2.45, 2.75) is 19.3 Å². The van der Waals surface area contributed by atoms with Gasteiger partial charge in [0, 0.05) is 10.0 Å². The standard InChI is InChI=1S/C20H14Cl2N4O4/c1-10-6-14(26-20(30)24-18(27)17(25-26)19(28)29)8-16(22)15(10)7-12(9-23)11-2-4-13(21)5-3-11/h2-6,8,12H,7H2,1H3,(H,28,29)(H,24,27,30). The number of H-pyrrole nitrogens is 1. The second-order valence-electron chi connectivity index (χ2n) is 6.49. The zero-order chi connectivity index (χ0) is 22.0. The van der Waals surface area contributed by atoms with Crippen LogP contribution < -0.4 is 11.2 Å². The molecule has 1 heterocycles. The molecule has 1 atom stereocenters. The largest absolute Gasteiger partial charge is 0.476 e. The third kappa shape index (κ3) is 4.27. The molecule has 0 aliphatic carbocycles. The summed E-state index contributed by atoms with van der Waals surface area (Å²) >= 11 is 12.3. The Morgan fingerprint density at radius 2 is 1.93 bits per heavy atom. The summed E-state index contributed by atoms with van der Waals surface area (Å²) in [6.07, 6.45) is 0.317. The van der Waals surface area contributed by atoms with Crippen LogP contribution in [0, 0.1) is 18.3 Å². The van der Waals surface area contributed by atoms with Crippen LogP contribution in [0.2, 0.25) is 10.0 Å². The van der Waals surface area contributed by atoms with Crippen LogP contribution in [-0.4, -0.2) is 25.8 Å². The molecule has 1 aromatic heterocycles. The molecule has 3 rings (SSSR count). The van der Waals surface area contributed by atoms with Crippen molar-refractivity contribution < 1.29 is 9.90 Å². The zero-order valence-corrected chi connectivity index (χ0v) is 17.0. The molecule has 3 aromatic rings. The number of hydrogen-bond acceptors (Lipinski definition) is 5. The lowest BCUT2D eigenvalue weighted by atomic mass is 9.91. The molecule has 8 nitrogen and oxygen atoms in total. The highest BCUT2D eigenvalue weighted by Crippen LogP contribution is 2.30. The van der Waals surface area contributed by atoms with E-state index in [0.717, 1.165) is 10.2 Å². The smallest absolute Gasteiger partial charge is 0.362 e. The van der Waals surface area contributed by atoms with E-state index in [4.69, 9.17) is 28.3 Å². The van der Waals surface area contributed by atoms with E-state index < -0.39 is 28.8 Å². The summed E-state index contributed by atoms with van der Waals surface area (Å²) < 4.78 is 0.758. The number of halogens is 2. The molecule has 0 saturated heterocycles. The van der Waals surface area contributed by atoms with E-state index in [1.54, 1.807) is 37.3 Å². The van der Waals surface area contributed by atoms with Crippen LogP contribution in [0.15, 0.2) is 46.0 Å². The molecule has 0 bridgehead atoms. The Morgan fingerprint density at radius 1 is 1.27 bits per heavy atom. The lowest BCUT2D eigenvalue weighted by molar-refractivity contribution is 0.0685. The van der Waals surface area contributed by atoms with Gasteiger partial charge in [0.05, 0.1) is 17.7 Å². The number of nitriles is 1. The first-order valence-corrected chi connectivity index (χ1v) is 9.38. The third-order valence-electron chi connectivity index (χ3n) is 4.51. The number of hydrogen-bond donors (Lipinski definition) is 2. The lowest BCUT2D eigenvalue weighted by Gasteiger charge is -2.15. The molecule has 0 aliphatic rings. The van der Waals surface area contributed by atoms with Gasteiger partial charge in [-0.3, -0.25) is 9.78 Å². The number of aromatic amines is 1. The lowest BCUT2D eigenvalue weighted by Crippen LogP contribution is -2.35. The number of nitrogens with one attached hydrogen (secondary N) is 1. The highest BCUT2D eigenvalue weighted by atomic mass is 35.5. The maximum atomic E-state index is 12.1. The number of rotatable bonds is 5. The van der Waals surface area contributed by atoms with E-state index in [2.05, 4.69) is 11.2 Å². The number of aromatic nitrogens is 3. The number of carbonyl (C=O) groups is 1. The zero-order valence-electron chi connectivity index (χ0n) is 15.5. The van der Waals surface area contributed by atoms with Gasteiger partial charge in [0.2, 0.25) is 5.69 Å². The summed E-state index contributed by atoms with van der Waals surface area (Å²) in [6.45, 7) is 1.75. The first-order chi connectivity index (χ1) is 14.2. The first kappa shape index (κ1) is 21.3. The van der Waals surface area contributed by atoms with Gasteiger partial charge >= 0.3 is 11.7 Å². The predicted octanol–water partition coefficient (Wildman–Crippen LogP) is 3.08. The van der Waals surface area contributed by atoms with Crippen LogP contribution in [0.1, 0.15) is 33.1 Å². The first-order valence-electron chi connectivity index (χ1n) is 8.62. The van der Waals surface area contributed by atoms with Crippen LogP contribution in [0.4, 0.5) is 0 Å². The summed E-state index contributed by atoms with van der Waals surface area (Å²) in [6, 6.07) is 12.2. The SMILES string of the molecule is Cc1cc(-n2nc(C(=O)O)c(=O)[nH]c2=O)cc(Cl)c1CC(C#N)c1ccc(Cl)cc1. The Bertz CT molecular complexity index is 1270. The average Bonchev–Trinajstić information content (AvgIpc) is 2.68. The van der Waals surface area contributed by atoms with Crippen molar-refractivity contribution in [3.05, 3.63) is 89.7 Å². The Morgan fingerprint density at radius 3 is 2.50 bits per heavy atom. The molecule has 1 unspecified atom stereocenters. The van der Waals surface area contributed by atoms with Crippen molar-refractivity contribution in [3.8, 4) is 11.8 Å². The van der Waals surface area contributed by atoms with Gasteiger partial charge in [-0.1, -0.05) is 35.3 Å². The monoisotopic (exact) mass is 444 g/mol. The topological polar surface area (TPSA) is 129 Å². The molecule has 152 valence electrons. The Labute approximate surface area is 179 Å². The van der Waals surface area contributed by atoms with Crippen LogP contribution in [0.5, 0.6) is 0 Å². The second kappa shape index (κ2) is 8.53. The van der Waals surface area contributed by atoms with Gasteiger partial charge in [-0.2, -0.15) is 15.0 Å². The highest BCUT2D eigenvalue weighted by Gasteiger charge is 2.19. The maximum Gasteiger partial charge on any atom is 0.362 e. The number of carboxylic acids is 1. The molecule has 2 aromatic carbocycles. The van der Waals surface area contributed by atoms with Crippen molar-refractivity contribution in [2.75, 3.05) is 0 Å². The minimum atomic E-state index is -1.57. The number of benzene rings is 2. The summed E-state index contributed by atoms with van der Waals surface area (Å²) in [7, 11) is 0. The van der Waals surface area contributed by atoms with Gasteiger partial charge in [0.15, 0.2) is 0 Å². The molecule has 0 spiro atoms. The minimum Gasteiger partial charge on any atom is -0.476 e. The van der Waals surface area contributed by atoms with Crippen LogP contribution in [-0.2, 0) is 6.42 Å². The number of nitrogens with zero attached hydrogens (tertiary/aromatic N) is 3. The summed E-state index contributed by atoms with van der Waals surface area (Å²) in [5.74, 6) is -2.04. The van der Waals surface area contributed by atoms with Crippen molar-refractivity contribution >= 4 is 29.2 Å². The van der Waals surface area contributed by atoms with E-state index in [9.17, 15) is 19.6 Å². The Balaban J connectivity index is 2.02. The van der Waals surface area contributed by atoms with E-state index in [1.165, 1.54) is 6.07 Å². The van der Waals surface area contributed by atoms with Gasteiger partial charge in [-0.25, -0.2) is 9.59 Å². The summed E-state index contributed by atoms with van der Waals surface area (Å²) in [5.41, 5.74) is -0.482. The van der Waals surface area contributed by atoms with Crippen molar-refractivity contribution in [2.24, 2.45) is 0 Å². The van der Waals surface area contributed by atoms with E-state index >= 15 is 0 Å². The molecule has 0 aliphatic heterocycles. The van der Waals surface area contributed by atoms with Crippen LogP contribution in [0.25, 0.3) is 5.69 Å². The highest BCUT2D eigenvalue weighted by molar-refractivity contribution is 6.31. The van der Waals surface area contributed by atoms with Gasteiger partial charge < -0.3 is 5.11 Å². The fourth-order valence-electron chi connectivity index (χ4n) is 2.99. The summed E-state index contributed by atoms with van der Waals surface area (Å²) in [5, 5.41) is 23.1. The average molecular weight is 445 g/mol. The fraction of sp³-hybridized carbons (Fsp3) is 0.150. The number of aromatic carboxylic acids is 1. The van der Waals surface area contributed by atoms with Crippen molar-refractivity contribution in [1.29, 1.82) is 5.26 Å². The summed E-state index contributed by atoms with van der Waals surface area (Å²) in [4.78, 5) is 36.8.